The Labute approximate surface area is 124 Å². The van der Waals surface area contributed by atoms with Gasteiger partial charge in [0.15, 0.2) is 0 Å². The minimum absolute atomic E-state index is 0.731. The number of hydrogen-bond donors (Lipinski definition) is 0. The zero-order chi connectivity index (χ0) is 14.5. The van der Waals surface area contributed by atoms with Crippen molar-refractivity contribution >= 4 is 6.08 Å². The lowest BCUT2D eigenvalue weighted by molar-refractivity contribution is 0.601. The number of rotatable bonds is 9. The second kappa shape index (κ2) is 11.3. The summed E-state index contributed by atoms with van der Waals surface area (Å²) in [7, 11) is 0. The molecule has 0 saturated heterocycles. The van der Waals surface area contributed by atoms with Crippen LogP contribution in [0.3, 0.4) is 0 Å². The average Bonchev–Trinajstić information content (AvgIpc) is 2.48. The normalized spacial score (nSPS) is 13.7. The lowest BCUT2D eigenvalue weighted by atomic mass is 10.0. The molecular formula is C20H28. The quantitative estimate of drug-likeness (QED) is 0.275. The molecule has 0 heteroatoms. The van der Waals surface area contributed by atoms with Gasteiger partial charge >= 0.3 is 0 Å². The zero-order valence-corrected chi connectivity index (χ0v) is 13.0. The summed E-state index contributed by atoms with van der Waals surface area (Å²) < 4.78 is 0. The lowest BCUT2D eigenvalue weighted by Crippen LogP contribution is -1.89. The van der Waals surface area contributed by atoms with Crippen LogP contribution >= 0.6 is 0 Å². The molecule has 0 N–H and O–H groups in total. The van der Waals surface area contributed by atoms with Crippen molar-refractivity contribution in [1.82, 2.24) is 0 Å². The number of unbranched alkanes of at least 4 members (excludes halogenated alkanes) is 2. The van der Waals surface area contributed by atoms with Gasteiger partial charge in [-0.2, -0.15) is 0 Å². The third-order valence-electron chi connectivity index (χ3n) is 3.30. The highest BCUT2D eigenvalue weighted by molar-refractivity contribution is 5.50. The molecule has 1 rings (SSSR count). The Hall–Kier alpha value is -1.56. The van der Waals surface area contributed by atoms with Crippen LogP contribution in [0.4, 0.5) is 0 Å². The van der Waals surface area contributed by atoms with E-state index < -0.39 is 0 Å². The van der Waals surface area contributed by atoms with Crippen LogP contribution < -0.4 is 0 Å². The van der Waals surface area contributed by atoms with Crippen LogP contribution in [0.5, 0.6) is 0 Å². The highest BCUT2D eigenvalue weighted by atomic mass is 14.0. The molecule has 0 aromatic heterocycles. The van der Waals surface area contributed by atoms with Gasteiger partial charge in [-0.1, -0.05) is 93.5 Å². The molecule has 0 aliphatic carbocycles. The first-order chi connectivity index (χ1) is 9.83. The second-order valence-corrected chi connectivity index (χ2v) is 5.39. The molecule has 0 spiro atoms. The fraction of sp³-hybridized carbons (Fsp3) is 0.400. The topological polar surface area (TPSA) is 0 Å². The standard InChI is InChI=1S/C20H28/c1-3-4-5-6-9-14-19(2)15-10-7-11-16-20-17-12-8-13-18-20/h6-13,16-19H,3-5,14-15H2,1-2H3. The number of hydrogen-bond acceptors (Lipinski definition) is 0. The first-order valence-corrected chi connectivity index (χ1v) is 7.86. The van der Waals surface area contributed by atoms with Gasteiger partial charge in [0.05, 0.1) is 0 Å². The van der Waals surface area contributed by atoms with Crippen LogP contribution in [0.15, 0.2) is 60.7 Å². The molecule has 20 heavy (non-hydrogen) atoms. The Morgan fingerprint density at radius 3 is 2.45 bits per heavy atom. The van der Waals surface area contributed by atoms with Gasteiger partial charge in [0.1, 0.15) is 0 Å². The molecule has 0 radical (unpaired) electrons. The molecule has 1 aromatic carbocycles. The summed E-state index contributed by atoms with van der Waals surface area (Å²) in [5.41, 5.74) is 1.25. The Bertz CT molecular complexity index is 409. The predicted molar refractivity (Wildman–Crippen MR) is 91.7 cm³/mol. The molecule has 0 aliphatic rings. The Kier molecular flexibility index (Phi) is 9.30. The first-order valence-electron chi connectivity index (χ1n) is 7.86. The van der Waals surface area contributed by atoms with Crippen molar-refractivity contribution in [2.45, 2.75) is 46.0 Å². The maximum atomic E-state index is 2.34. The Balaban J connectivity index is 2.17. The number of allylic oxidation sites excluding steroid dienone is 5. The summed E-state index contributed by atoms with van der Waals surface area (Å²) in [6.07, 6.45) is 19.5. The smallest absolute Gasteiger partial charge is 0.0257 e. The SMILES string of the molecule is CCCCC=CCC(C)CC=CC=Cc1ccccc1. The van der Waals surface area contributed by atoms with Gasteiger partial charge in [0.2, 0.25) is 0 Å². The maximum absolute atomic E-state index is 2.34. The van der Waals surface area contributed by atoms with Gasteiger partial charge < -0.3 is 0 Å². The van der Waals surface area contributed by atoms with Gasteiger partial charge in [-0.15, -0.1) is 0 Å². The molecule has 0 amide bonds. The average molecular weight is 268 g/mol. The van der Waals surface area contributed by atoms with Crippen LogP contribution in [-0.4, -0.2) is 0 Å². The van der Waals surface area contributed by atoms with Crippen LogP contribution in [0, 0.1) is 5.92 Å². The maximum Gasteiger partial charge on any atom is -0.0257 e. The van der Waals surface area contributed by atoms with Crippen LogP contribution in [0.2, 0.25) is 0 Å². The molecule has 0 nitrogen and oxygen atoms in total. The van der Waals surface area contributed by atoms with E-state index in [1.807, 2.05) is 6.07 Å². The van der Waals surface area contributed by atoms with E-state index in [1.165, 1.54) is 31.2 Å². The van der Waals surface area contributed by atoms with E-state index in [1.54, 1.807) is 0 Å². The van der Waals surface area contributed by atoms with E-state index in [0.717, 1.165) is 12.3 Å². The molecular weight excluding hydrogens is 240 g/mol. The van der Waals surface area contributed by atoms with Gasteiger partial charge in [-0.3, -0.25) is 0 Å². The van der Waals surface area contributed by atoms with Gasteiger partial charge in [-0.05, 0) is 30.7 Å². The van der Waals surface area contributed by atoms with E-state index in [0.29, 0.717) is 0 Å². The molecule has 0 bridgehead atoms. The molecule has 0 saturated carbocycles. The molecule has 0 fully saturated rings. The van der Waals surface area contributed by atoms with Gasteiger partial charge in [0.25, 0.3) is 0 Å². The van der Waals surface area contributed by atoms with E-state index in [4.69, 9.17) is 0 Å². The Morgan fingerprint density at radius 2 is 1.70 bits per heavy atom. The monoisotopic (exact) mass is 268 g/mol. The summed E-state index contributed by atoms with van der Waals surface area (Å²) in [5.74, 6) is 0.731. The van der Waals surface area contributed by atoms with Crippen molar-refractivity contribution in [2.75, 3.05) is 0 Å². The first kappa shape index (κ1) is 16.5. The fourth-order valence-corrected chi connectivity index (χ4v) is 1.98. The molecule has 1 unspecified atom stereocenters. The minimum Gasteiger partial charge on any atom is -0.0885 e. The van der Waals surface area contributed by atoms with E-state index in [-0.39, 0.29) is 0 Å². The van der Waals surface area contributed by atoms with E-state index in [2.05, 4.69) is 74.6 Å². The molecule has 1 aromatic rings. The summed E-state index contributed by atoms with van der Waals surface area (Å²) in [6.45, 7) is 4.56. The van der Waals surface area contributed by atoms with Crippen molar-refractivity contribution < 1.29 is 0 Å². The van der Waals surface area contributed by atoms with Crippen LogP contribution in [0.25, 0.3) is 6.08 Å². The minimum atomic E-state index is 0.731. The van der Waals surface area contributed by atoms with Crippen molar-refractivity contribution in [3.05, 3.63) is 66.3 Å². The van der Waals surface area contributed by atoms with Gasteiger partial charge in [-0.25, -0.2) is 0 Å². The van der Waals surface area contributed by atoms with Crippen molar-refractivity contribution in [2.24, 2.45) is 5.92 Å². The summed E-state index contributed by atoms with van der Waals surface area (Å²) >= 11 is 0. The molecule has 0 aliphatic heterocycles. The van der Waals surface area contributed by atoms with Crippen molar-refractivity contribution in [3.63, 3.8) is 0 Å². The summed E-state index contributed by atoms with van der Waals surface area (Å²) in [4.78, 5) is 0. The largest absolute Gasteiger partial charge is 0.0885 e. The highest BCUT2D eigenvalue weighted by Gasteiger charge is 1.94. The third kappa shape index (κ3) is 8.53. The second-order valence-electron chi connectivity index (χ2n) is 5.39. The summed E-state index contributed by atoms with van der Waals surface area (Å²) in [6, 6.07) is 10.4. The molecule has 1 atom stereocenters. The molecule has 108 valence electrons. The predicted octanol–water partition coefficient (Wildman–Crippen LogP) is 6.42. The lowest BCUT2D eigenvalue weighted by Gasteiger charge is -2.03. The Morgan fingerprint density at radius 1 is 0.950 bits per heavy atom. The van der Waals surface area contributed by atoms with E-state index >= 15 is 0 Å². The van der Waals surface area contributed by atoms with E-state index in [9.17, 15) is 0 Å². The third-order valence-corrected chi connectivity index (χ3v) is 3.30. The summed E-state index contributed by atoms with van der Waals surface area (Å²) in [5, 5.41) is 0. The van der Waals surface area contributed by atoms with Gasteiger partial charge in [0, 0.05) is 0 Å². The zero-order valence-electron chi connectivity index (χ0n) is 13.0. The number of benzene rings is 1. The fourth-order valence-electron chi connectivity index (χ4n) is 1.98. The molecule has 0 heterocycles. The highest BCUT2D eigenvalue weighted by Crippen LogP contribution is 2.10. The van der Waals surface area contributed by atoms with Crippen LogP contribution in [0.1, 0.15) is 51.5 Å². The van der Waals surface area contributed by atoms with Crippen molar-refractivity contribution in [1.29, 1.82) is 0 Å². The van der Waals surface area contributed by atoms with Crippen molar-refractivity contribution in [3.8, 4) is 0 Å². The van der Waals surface area contributed by atoms with Crippen LogP contribution in [-0.2, 0) is 0 Å².